The molecule has 8 heteroatoms. The number of carbonyl (C=O) groups excluding carboxylic acids is 1. The highest BCUT2D eigenvalue weighted by molar-refractivity contribution is 7.91. The van der Waals surface area contributed by atoms with E-state index in [4.69, 9.17) is 10.8 Å². The summed E-state index contributed by atoms with van der Waals surface area (Å²) in [7, 11) is -1.39. The lowest BCUT2D eigenvalue weighted by Crippen LogP contribution is -2.43. The first-order chi connectivity index (χ1) is 9.34. The Labute approximate surface area is 117 Å². The van der Waals surface area contributed by atoms with Gasteiger partial charge in [-0.05, 0) is 12.5 Å². The first kappa shape index (κ1) is 14.9. The number of nitrogen functional groups attached to an aromatic ring is 1. The predicted octanol–water partition coefficient (Wildman–Crippen LogP) is -0.771. The number of anilines is 1. The van der Waals surface area contributed by atoms with Crippen LogP contribution in [0.2, 0.25) is 0 Å². The van der Waals surface area contributed by atoms with E-state index in [-0.39, 0.29) is 36.6 Å². The van der Waals surface area contributed by atoms with E-state index in [9.17, 15) is 13.2 Å². The molecule has 1 aromatic heterocycles. The van der Waals surface area contributed by atoms with Crippen LogP contribution in [0.15, 0.2) is 12.3 Å². The van der Waals surface area contributed by atoms with Crippen LogP contribution in [0.1, 0.15) is 16.9 Å². The lowest BCUT2D eigenvalue weighted by atomic mass is 10.2. The molecule has 0 saturated carbocycles. The summed E-state index contributed by atoms with van der Waals surface area (Å²) in [4.78, 5) is 13.9. The van der Waals surface area contributed by atoms with Crippen molar-refractivity contribution in [2.75, 3.05) is 30.4 Å². The number of aryl methyl sites for hydroxylation is 1. The predicted molar refractivity (Wildman–Crippen MR) is 75.0 cm³/mol. The molecule has 2 heterocycles. The number of carbonyl (C=O) groups is 1. The van der Waals surface area contributed by atoms with Crippen LogP contribution in [0.5, 0.6) is 0 Å². The highest BCUT2D eigenvalue weighted by Gasteiger charge is 2.35. The standard InChI is InChI=1S/C12H19N3O4S/c1-14-7-9(13)6-11(14)12(17)15(3-4-16)10-2-5-20(18,19)8-10/h6-7,10,16H,2-5,8,13H2,1H3. The van der Waals surface area contributed by atoms with E-state index in [2.05, 4.69) is 0 Å². The Morgan fingerprint density at radius 3 is 2.75 bits per heavy atom. The Balaban J connectivity index is 2.25. The van der Waals surface area contributed by atoms with Crippen molar-refractivity contribution >= 4 is 21.4 Å². The molecule has 0 bridgehead atoms. The summed E-state index contributed by atoms with van der Waals surface area (Å²) in [6, 6.07) is 1.17. The monoisotopic (exact) mass is 301 g/mol. The molecule has 1 aliphatic heterocycles. The van der Waals surface area contributed by atoms with E-state index in [1.807, 2.05) is 0 Å². The zero-order chi connectivity index (χ0) is 14.9. The van der Waals surface area contributed by atoms with E-state index < -0.39 is 9.84 Å². The molecule has 7 nitrogen and oxygen atoms in total. The van der Waals surface area contributed by atoms with Gasteiger partial charge in [-0.15, -0.1) is 0 Å². The minimum Gasteiger partial charge on any atom is -0.397 e. The van der Waals surface area contributed by atoms with Crippen molar-refractivity contribution in [3.63, 3.8) is 0 Å². The van der Waals surface area contributed by atoms with Crippen LogP contribution in [0, 0.1) is 0 Å². The lowest BCUT2D eigenvalue weighted by molar-refractivity contribution is 0.0645. The molecule has 20 heavy (non-hydrogen) atoms. The number of hydrogen-bond acceptors (Lipinski definition) is 5. The minimum absolute atomic E-state index is 0.0430. The average molecular weight is 301 g/mol. The smallest absolute Gasteiger partial charge is 0.270 e. The summed E-state index contributed by atoms with van der Waals surface area (Å²) in [5, 5.41) is 9.12. The molecular formula is C12H19N3O4S. The Morgan fingerprint density at radius 1 is 1.60 bits per heavy atom. The van der Waals surface area contributed by atoms with Gasteiger partial charge in [0.25, 0.3) is 5.91 Å². The van der Waals surface area contributed by atoms with Crippen LogP contribution >= 0.6 is 0 Å². The third-order valence-corrected chi connectivity index (χ3v) is 5.25. The van der Waals surface area contributed by atoms with Crippen molar-refractivity contribution in [2.24, 2.45) is 7.05 Å². The zero-order valence-electron chi connectivity index (χ0n) is 11.3. The van der Waals surface area contributed by atoms with Crippen LogP contribution in [-0.4, -0.2) is 59.6 Å². The van der Waals surface area contributed by atoms with Gasteiger partial charge in [0.15, 0.2) is 9.84 Å². The van der Waals surface area contributed by atoms with E-state index in [0.29, 0.717) is 17.8 Å². The Bertz CT molecular complexity index is 608. The summed E-state index contributed by atoms with van der Waals surface area (Å²) in [5.41, 5.74) is 6.51. The summed E-state index contributed by atoms with van der Waals surface area (Å²) in [5.74, 6) is -0.263. The molecule has 1 aromatic rings. The number of nitrogens with zero attached hydrogens (tertiary/aromatic N) is 2. The first-order valence-electron chi connectivity index (χ1n) is 6.38. The molecule has 1 saturated heterocycles. The summed E-state index contributed by atoms with van der Waals surface area (Å²) < 4.78 is 24.7. The maximum Gasteiger partial charge on any atom is 0.270 e. The van der Waals surface area contributed by atoms with Crippen LogP contribution in [0.3, 0.4) is 0 Å². The average Bonchev–Trinajstić information content (AvgIpc) is 2.88. The van der Waals surface area contributed by atoms with Gasteiger partial charge in [-0.2, -0.15) is 0 Å². The number of sulfone groups is 1. The molecule has 1 fully saturated rings. The number of rotatable bonds is 4. The van der Waals surface area contributed by atoms with Crippen LogP contribution in [0.4, 0.5) is 5.69 Å². The highest BCUT2D eigenvalue weighted by Crippen LogP contribution is 2.21. The number of aliphatic hydroxyl groups is 1. The minimum atomic E-state index is -3.09. The second-order valence-electron chi connectivity index (χ2n) is 5.05. The summed E-state index contributed by atoms with van der Waals surface area (Å²) in [6.45, 7) is -0.0910. The van der Waals surface area contributed by atoms with Crippen molar-refractivity contribution in [2.45, 2.75) is 12.5 Å². The van der Waals surface area contributed by atoms with Gasteiger partial charge >= 0.3 is 0 Å². The van der Waals surface area contributed by atoms with Crippen molar-refractivity contribution < 1.29 is 18.3 Å². The number of aromatic nitrogens is 1. The molecule has 0 radical (unpaired) electrons. The Morgan fingerprint density at radius 2 is 2.30 bits per heavy atom. The quantitative estimate of drug-likeness (QED) is 0.759. The van der Waals surface area contributed by atoms with Gasteiger partial charge in [-0.3, -0.25) is 4.79 Å². The Kier molecular flexibility index (Phi) is 4.05. The van der Waals surface area contributed by atoms with Gasteiger partial charge in [0.2, 0.25) is 0 Å². The van der Waals surface area contributed by atoms with Gasteiger partial charge in [0.05, 0.1) is 23.8 Å². The number of hydrogen-bond donors (Lipinski definition) is 2. The Hall–Kier alpha value is -1.54. The van der Waals surface area contributed by atoms with E-state index in [0.717, 1.165) is 0 Å². The molecule has 1 amide bonds. The molecule has 1 unspecified atom stereocenters. The lowest BCUT2D eigenvalue weighted by Gasteiger charge is -2.27. The van der Waals surface area contributed by atoms with Crippen molar-refractivity contribution in [1.29, 1.82) is 0 Å². The van der Waals surface area contributed by atoms with Gasteiger partial charge in [0, 0.05) is 25.8 Å². The number of nitrogens with two attached hydrogens (primary N) is 1. The highest BCUT2D eigenvalue weighted by atomic mass is 32.2. The van der Waals surface area contributed by atoms with E-state index >= 15 is 0 Å². The third-order valence-electron chi connectivity index (χ3n) is 3.50. The van der Waals surface area contributed by atoms with Crippen molar-refractivity contribution in [3.8, 4) is 0 Å². The van der Waals surface area contributed by atoms with Gasteiger partial charge in [-0.1, -0.05) is 0 Å². The summed E-state index contributed by atoms with van der Waals surface area (Å²) >= 11 is 0. The normalized spacial score (nSPS) is 21.0. The fraction of sp³-hybridized carbons (Fsp3) is 0.583. The number of aliphatic hydroxyl groups excluding tert-OH is 1. The zero-order valence-corrected chi connectivity index (χ0v) is 12.1. The maximum absolute atomic E-state index is 12.5. The van der Waals surface area contributed by atoms with Crippen LogP contribution < -0.4 is 5.73 Å². The molecule has 2 rings (SSSR count). The largest absolute Gasteiger partial charge is 0.397 e. The summed E-state index contributed by atoms with van der Waals surface area (Å²) in [6.07, 6.45) is 2.03. The van der Waals surface area contributed by atoms with Crippen LogP contribution in [0.25, 0.3) is 0 Å². The second-order valence-corrected chi connectivity index (χ2v) is 7.28. The molecule has 0 spiro atoms. The second kappa shape index (κ2) is 5.45. The SMILES string of the molecule is Cn1cc(N)cc1C(=O)N(CCO)C1CCS(=O)(=O)C1. The maximum atomic E-state index is 12.5. The van der Waals surface area contributed by atoms with Gasteiger partial charge < -0.3 is 20.3 Å². The molecule has 112 valence electrons. The van der Waals surface area contributed by atoms with Crippen LogP contribution in [-0.2, 0) is 16.9 Å². The number of amides is 1. The molecule has 1 atom stereocenters. The van der Waals surface area contributed by atoms with Gasteiger partial charge in [0.1, 0.15) is 5.69 Å². The fourth-order valence-electron chi connectivity index (χ4n) is 2.53. The first-order valence-corrected chi connectivity index (χ1v) is 8.20. The van der Waals surface area contributed by atoms with Gasteiger partial charge in [-0.25, -0.2) is 8.42 Å². The van der Waals surface area contributed by atoms with Crippen molar-refractivity contribution in [3.05, 3.63) is 18.0 Å². The molecule has 0 aliphatic carbocycles. The van der Waals surface area contributed by atoms with E-state index in [1.165, 1.54) is 4.90 Å². The van der Waals surface area contributed by atoms with E-state index in [1.54, 1.807) is 23.9 Å². The molecular weight excluding hydrogens is 282 g/mol. The van der Waals surface area contributed by atoms with Crippen molar-refractivity contribution in [1.82, 2.24) is 9.47 Å². The third kappa shape index (κ3) is 2.96. The molecule has 3 N–H and O–H groups in total. The molecule has 1 aliphatic rings. The molecule has 0 aromatic carbocycles. The fourth-order valence-corrected chi connectivity index (χ4v) is 4.26. The topological polar surface area (TPSA) is 106 Å².